The minimum Gasteiger partial charge on any atom is -0.372 e. The van der Waals surface area contributed by atoms with Gasteiger partial charge in [-0.1, -0.05) is 41.6 Å². The fraction of sp³-hybridized carbons (Fsp3) is 0.167. The van der Waals surface area contributed by atoms with Crippen LogP contribution in [-0.2, 0) is 0 Å². The molecule has 2 aromatic rings. The highest BCUT2D eigenvalue weighted by Gasteiger charge is 2.10. The van der Waals surface area contributed by atoms with Gasteiger partial charge < -0.3 is 5.32 Å². The highest BCUT2D eigenvalue weighted by molar-refractivity contribution is 7.98. The van der Waals surface area contributed by atoms with Crippen molar-refractivity contribution >= 4 is 29.2 Å². The molecule has 0 fully saturated rings. The van der Waals surface area contributed by atoms with E-state index in [4.69, 9.17) is 11.6 Å². The summed E-state index contributed by atoms with van der Waals surface area (Å²) in [6.07, 6.45) is 3.75. The maximum absolute atomic E-state index is 6.17. The Bertz CT molecular complexity index is 531. The Kier molecular flexibility index (Phi) is 3.86. The lowest BCUT2D eigenvalue weighted by Crippen LogP contribution is -1.99. The molecule has 2 rings (SSSR count). The van der Waals surface area contributed by atoms with Crippen molar-refractivity contribution in [1.82, 2.24) is 9.97 Å². The SMILES string of the molecule is CNc1nc(SC)ncc1-c1ccccc1Cl. The molecule has 0 aliphatic rings. The Morgan fingerprint density at radius 2 is 2.00 bits per heavy atom. The van der Waals surface area contributed by atoms with Crippen LogP contribution in [0, 0.1) is 0 Å². The van der Waals surface area contributed by atoms with Gasteiger partial charge in [-0.15, -0.1) is 0 Å². The first-order chi connectivity index (χ1) is 8.26. The minimum atomic E-state index is 0.699. The maximum Gasteiger partial charge on any atom is 0.189 e. The summed E-state index contributed by atoms with van der Waals surface area (Å²) >= 11 is 7.68. The summed E-state index contributed by atoms with van der Waals surface area (Å²) in [6.45, 7) is 0. The number of benzene rings is 1. The molecule has 5 heteroatoms. The third-order valence-electron chi connectivity index (χ3n) is 2.35. The van der Waals surface area contributed by atoms with Crippen molar-refractivity contribution in [2.45, 2.75) is 5.16 Å². The van der Waals surface area contributed by atoms with Gasteiger partial charge in [0, 0.05) is 29.4 Å². The van der Waals surface area contributed by atoms with Gasteiger partial charge >= 0.3 is 0 Å². The number of hydrogen-bond donors (Lipinski definition) is 1. The number of thioether (sulfide) groups is 1. The van der Waals surface area contributed by atoms with E-state index in [1.54, 1.807) is 6.20 Å². The van der Waals surface area contributed by atoms with E-state index in [9.17, 15) is 0 Å². The Morgan fingerprint density at radius 1 is 1.24 bits per heavy atom. The van der Waals surface area contributed by atoms with Crippen molar-refractivity contribution in [1.29, 1.82) is 0 Å². The molecule has 0 spiro atoms. The number of anilines is 1. The lowest BCUT2D eigenvalue weighted by Gasteiger charge is -2.10. The summed E-state index contributed by atoms with van der Waals surface area (Å²) in [7, 11) is 1.84. The zero-order valence-electron chi connectivity index (χ0n) is 9.57. The molecule has 0 aliphatic carbocycles. The largest absolute Gasteiger partial charge is 0.372 e. The molecule has 0 amide bonds. The number of nitrogens with one attached hydrogen (secondary N) is 1. The fourth-order valence-corrected chi connectivity index (χ4v) is 2.11. The minimum absolute atomic E-state index is 0.699. The molecule has 0 radical (unpaired) electrons. The van der Waals surface area contributed by atoms with Gasteiger partial charge in [-0.25, -0.2) is 9.97 Å². The average molecular weight is 266 g/mol. The molecular weight excluding hydrogens is 254 g/mol. The van der Waals surface area contributed by atoms with Crippen LogP contribution in [0.5, 0.6) is 0 Å². The molecule has 1 aromatic carbocycles. The van der Waals surface area contributed by atoms with Gasteiger partial charge in [-0.2, -0.15) is 0 Å². The molecule has 88 valence electrons. The van der Waals surface area contributed by atoms with Gasteiger partial charge in [0.1, 0.15) is 5.82 Å². The van der Waals surface area contributed by atoms with Gasteiger partial charge in [0.25, 0.3) is 0 Å². The number of rotatable bonds is 3. The third kappa shape index (κ3) is 2.53. The first kappa shape index (κ1) is 12.2. The summed E-state index contributed by atoms with van der Waals surface area (Å²) in [5.41, 5.74) is 1.85. The number of halogens is 1. The highest BCUT2D eigenvalue weighted by Crippen LogP contribution is 2.32. The monoisotopic (exact) mass is 265 g/mol. The molecule has 0 atom stereocenters. The molecular formula is C12H12ClN3S. The molecule has 3 nitrogen and oxygen atoms in total. The third-order valence-corrected chi connectivity index (χ3v) is 3.24. The van der Waals surface area contributed by atoms with Gasteiger partial charge in [-0.3, -0.25) is 0 Å². The molecule has 0 saturated carbocycles. The molecule has 0 bridgehead atoms. The fourth-order valence-electron chi connectivity index (χ4n) is 1.53. The van der Waals surface area contributed by atoms with Gasteiger partial charge in [0.2, 0.25) is 0 Å². The second-order valence-corrected chi connectivity index (χ2v) is 4.53. The van der Waals surface area contributed by atoms with Crippen LogP contribution >= 0.6 is 23.4 Å². The first-order valence-electron chi connectivity index (χ1n) is 5.10. The lowest BCUT2D eigenvalue weighted by molar-refractivity contribution is 0.975. The van der Waals surface area contributed by atoms with Crippen molar-refractivity contribution in [2.75, 3.05) is 18.6 Å². The van der Waals surface area contributed by atoms with Crippen LogP contribution in [0.3, 0.4) is 0 Å². The Labute approximate surface area is 110 Å². The Hall–Kier alpha value is -1.26. The Morgan fingerprint density at radius 3 is 2.65 bits per heavy atom. The van der Waals surface area contributed by atoms with Crippen LogP contribution in [0.15, 0.2) is 35.6 Å². The van der Waals surface area contributed by atoms with E-state index in [2.05, 4.69) is 15.3 Å². The van der Waals surface area contributed by atoms with E-state index >= 15 is 0 Å². The van der Waals surface area contributed by atoms with Crippen LogP contribution in [0.4, 0.5) is 5.82 Å². The second kappa shape index (κ2) is 5.38. The zero-order chi connectivity index (χ0) is 12.3. The van der Waals surface area contributed by atoms with Crippen LogP contribution in [0.25, 0.3) is 11.1 Å². The van der Waals surface area contributed by atoms with E-state index in [0.29, 0.717) is 5.02 Å². The average Bonchev–Trinajstić information content (AvgIpc) is 2.38. The predicted molar refractivity (Wildman–Crippen MR) is 73.8 cm³/mol. The van der Waals surface area contributed by atoms with E-state index in [1.807, 2.05) is 37.6 Å². The summed E-state index contributed by atoms with van der Waals surface area (Å²) in [5.74, 6) is 0.789. The normalized spacial score (nSPS) is 10.3. The van der Waals surface area contributed by atoms with Crippen molar-refractivity contribution in [3.63, 3.8) is 0 Å². The Balaban J connectivity index is 2.56. The van der Waals surface area contributed by atoms with Gasteiger partial charge in [0.05, 0.1) is 0 Å². The molecule has 0 saturated heterocycles. The summed E-state index contributed by atoms with van der Waals surface area (Å²) < 4.78 is 0. The summed E-state index contributed by atoms with van der Waals surface area (Å²) in [4.78, 5) is 8.69. The zero-order valence-corrected chi connectivity index (χ0v) is 11.1. The summed E-state index contributed by atoms with van der Waals surface area (Å²) in [5, 5.41) is 4.51. The van der Waals surface area contributed by atoms with E-state index < -0.39 is 0 Å². The lowest BCUT2D eigenvalue weighted by atomic mass is 10.1. The predicted octanol–water partition coefficient (Wildman–Crippen LogP) is 3.56. The number of aromatic nitrogens is 2. The quantitative estimate of drug-likeness (QED) is 0.680. The van der Waals surface area contributed by atoms with Crippen molar-refractivity contribution in [3.8, 4) is 11.1 Å². The topological polar surface area (TPSA) is 37.8 Å². The van der Waals surface area contributed by atoms with Crippen LogP contribution < -0.4 is 5.32 Å². The standard InChI is InChI=1S/C12H12ClN3S/c1-14-11-9(7-15-12(16-11)17-2)8-5-3-4-6-10(8)13/h3-7H,1-2H3,(H,14,15,16). The van der Waals surface area contributed by atoms with Crippen molar-refractivity contribution < 1.29 is 0 Å². The second-order valence-electron chi connectivity index (χ2n) is 3.35. The summed E-state index contributed by atoms with van der Waals surface area (Å²) in [6, 6.07) is 7.67. The first-order valence-corrected chi connectivity index (χ1v) is 6.70. The number of nitrogens with zero attached hydrogens (tertiary/aromatic N) is 2. The molecule has 0 unspecified atom stereocenters. The van der Waals surface area contributed by atoms with E-state index in [0.717, 1.165) is 22.1 Å². The molecule has 1 aromatic heterocycles. The van der Waals surface area contributed by atoms with Gasteiger partial charge in [0.15, 0.2) is 5.16 Å². The van der Waals surface area contributed by atoms with Gasteiger partial charge in [-0.05, 0) is 12.3 Å². The molecule has 17 heavy (non-hydrogen) atoms. The van der Waals surface area contributed by atoms with Crippen LogP contribution in [-0.4, -0.2) is 23.3 Å². The van der Waals surface area contributed by atoms with E-state index in [1.165, 1.54) is 11.8 Å². The number of hydrogen-bond acceptors (Lipinski definition) is 4. The molecule has 0 aliphatic heterocycles. The maximum atomic E-state index is 6.17. The van der Waals surface area contributed by atoms with Crippen LogP contribution in [0.1, 0.15) is 0 Å². The molecule has 1 heterocycles. The van der Waals surface area contributed by atoms with E-state index in [-0.39, 0.29) is 0 Å². The molecule has 1 N–H and O–H groups in total. The van der Waals surface area contributed by atoms with Crippen molar-refractivity contribution in [3.05, 3.63) is 35.5 Å². The highest BCUT2D eigenvalue weighted by atomic mass is 35.5. The smallest absolute Gasteiger partial charge is 0.189 e. The van der Waals surface area contributed by atoms with Crippen molar-refractivity contribution in [2.24, 2.45) is 0 Å². The van der Waals surface area contributed by atoms with Crippen LogP contribution in [0.2, 0.25) is 5.02 Å².